The molecule has 118 valence electrons. The van der Waals surface area contributed by atoms with Gasteiger partial charge in [-0.05, 0) is 40.6 Å². The second-order valence-electron chi connectivity index (χ2n) is 6.27. The summed E-state index contributed by atoms with van der Waals surface area (Å²) in [5.74, 6) is 0.236. The number of phenols is 1. The Balaban J connectivity index is 1.94. The number of hydrogen-bond acceptors (Lipinski definition) is 2. The van der Waals surface area contributed by atoms with E-state index in [1.165, 1.54) is 10.8 Å². The summed E-state index contributed by atoms with van der Waals surface area (Å²) in [6.07, 6.45) is 0. The van der Waals surface area contributed by atoms with E-state index in [0.717, 1.165) is 32.9 Å². The van der Waals surface area contributed by atoms with E-state index >= 15 is 0 Å². The van der Waals surface area contributed by atoms with Crippen LogP contribution in [0.15, 0.2) is 84.9 Å². The maximum Gasteiger partial charge on any atom is 0.117 e. The van der Waals surface area contributed by atoms with Gasteiger partial charge in [0.25, 0.3) is 0 Å². The van der Waals surface area contributed by atoms with E-state index < -0.39 is 0 Å². The molecule has 0 unspecified atom stereocenters. The summed E-state index contributed by atoms with van der Waals surface area (Å²) >= 11 is 0. The van der Waals surface area contributed by atoms with Crippen molar-refractivity contribution in [3.8, 4) is 16.9 Å². The largest absolute Gasteiger partial charge is 0.508 e. The molecule has 0 bridgehead atoms. The predicted octanol–water partition coefficient (Wildman–Crippen LogP) is 5.91. The van der Waals surface area contributed by atoms with E-state index in [1.54, 1.807) is 12.1 Å². The number of benzene rings is 4. The molecule has 5 aromatic rings. The Labute approximate surface area is 145 Å². The fourth-order valence-electron chi connectivity index (χ4n) is 3.54. The molecule has 0 saturated heterocycles. The van der Waals surface area contributed by atoms with Crippen LogP contribution in [0, 0.1) is 0 Å². The predicted molar refractivity (Wildman–Crippen MR) is 104 cm³/mol. The normalized spacial score (nSPS) is 11.4. The first-order valence-electron chi connectivity index (χ1n) is 8.30. The van der Waals surface area contributed by atoms with Gasteiger partial charge in [-0.15, -0.1) is 0 Å². The Hall–Kier alpha value is -3.39. The summed E-state index contributed by atoms with van der Waals surface area (Å²) in [7, 11) is 0. The molecule has 25 heavy (non-hydrogen) atoms. The van der Waals surface area contributed by atoms with Crippen LogP contribution >= 0.6 is 0 Å². The molecule has 0 aliphatic heterocycles. The number of fused-ring (bicyclic) bond motifs is 3. The van der Waals surface area contributed by atoms with Crippen LogP contribution in [-0.4, -0.2) is 10.1 Å². The van der Waals surface area contributed by atoms with Crippen molar-refractivity contribution in [1.29, 1.82) is 0 Å². The minimum atomic E-state index is 0.236. The molecule has 1 N–H and O–H groups in total. The van der Waals surface area contributed by atoms with Crippen LogP contribution in [0.25, 0.3) is 43.7 Å². The second kappa shape index (κ2) is 5.32. The Morgan fingerprint density at radius 1 is 0.600 bits per heavy atom. The number of aromatic nitrogens is 1. The monoisotopic (exact) mass is 321 g/mol. The molecule has 0 aliphatic carbocycles. The quantitative estimate of drug-likeness (QED) is 0.389. The van der Waals surface area contributed by atoms with Crippen molar-refractivity contribution < 1.29 is 5.11 Å². The smallest absolute Gasteiger partial charge is 0.117 e. The first-order valence-corrected chi connectivity index (χ1v) is 8.30. The van der Waals surface area contributed by atoms with Crippen molar-refractivity contribution in [3.05, 3.63) is 84.9 Å². The standard InChI is InChI=1S/C23H15NO/c25-18-11-12-20-22(14-18)24-21-8-4-3-7-19(21)23(20)17-10-9-15-5-1-2-6-16(15)13-17/h1-14,25H. The molecule has 1 aromatic heterocycles. The average Bonchev–Trinajstić information content (AvgIpc) is 2.65. The van der Waals surface area contributed by atoms with Gasteiger partial charge in [-0.1, -0.05) is 54.6 Å². The molecule has 0 atom stereocenters. The van der Waals surface area contributed by atoms with Crippen LogP contribution in [0.3, 0.4) is 0 Å². The van der Waals surface area contributed by atoms with Gasteiger partial charge in [-0.3, -0.25) is 0 Å². The minimum Gasteiger partial charge on any atom is -0.508 e. The molecule has 0 fully saturated rings. The SMILES string of the molecule is Oc1ccc2c(-c3ccc4ccccc4c3)c3ccccc3nc2c1. The zero-order valence-electron chi connectivity index (χ0n) is 13.5. The lowest BCUT2D eigenvalue weighted by Gasteiger charge is -2.12. The molecule has 0 aliphatic rings. The summed E-state index contributed by atoms with van der Waals surface area (Å²) < 4.78 is 0. The molecule has 2 nitrogen and oxygen atoms in total. The Kier molecular flexibility index (Phi) is 2.98. The number of hydrogen-bond donors (Lipinski definition) is 1. The number of phenolic OH excluding ortho intramolecular Hbond substituents is 1. The highest BCUT2D eigenvalue weighted by Crippen LogP contribution is 2.36. The molecule has 0 spiro atoms. The second-order valence-corrected chi connectivity index (χ2v) is 6.27. The number of nitrogens with zero attached hydrogens (tertiary/aromatic N) is 1. The number of rotatable bonds is 1. The number of pyridine rings is 1. The van der Waals surface area contributed by atoms with Gasteiger partial charge in [0.05, 0.1) is 11.0 Å². The van der Waals surface area contributed by atoms with E-state index in [-0.39, 0.29) is 5.75 Å². The van der Waals surface area contributed by atoms with Gasteiger partial charge in [-0.2, -0.15) is 0 Å². The Morgan fingerprint density at radius 3 is 2.28 bits per heavy atom. The summed E-state index contributed by atoms with van der Waals surface area (Å²) in [6, 6.07) is 28.5. The number of aromatic hydroxyl groups is 1. The van der Waals surface area contributed by atoms with E-state index in [1.807, 2.05) is 24.3 Å². The van der Waals surface area contributed by atoms with Gasteiger partial charge in [0, 0.05) is 22.4 Å². The fraction of sp³-hybridized carbons (Fsp3) is 0. The van der Waals surface area contributed by atoms with Crippen LogP contribution in [0.5, 0.6) is 5.75 Å². The van der Waals surface area contributed by atoms with Gasteiger partial charge in [-0.25, -0.2) is 4.98 Å². The van der Waals surface area contributed by atoms with Crippen molar-refractivity contribution >= 4 is 32.6 Å². The highest BCUT2D eigenvalue weighted by atomic mass is 16.3. The molecule has 2 heteroatoms. The molecular formula is C23H15NO. The molecule has 1 heterocycles. The molecular weight excluding hydrogens is 306 g/mol. The summed E-state index contributed by atoms with van der Waals surface area (Å²) in [5, 5.41) is 14.5. The molecule has 4 aromatic carbocycles. The zero-order chi connectivity index (χ0) is 16.8. The van der Waals surface area contributed by atoms with Crippen LogP contribution < -0.4 is 0 Å². The van der Waals surface area contributed by atoms with Crippen LogP contribution in [-0.2, 0) is 0 Å². The van der Waals surface area contributed by atoms with E-state index in [4.69, 9.17) is 4.98 Å². The minimum absolute atomic E-state index is 0.236. The third kappa shape index (κ3) is 2.23. The molecule has 0 amide bonds. The van der Waals surface area contributed by atoms with Crippen LogP contribution in [0.1, 0.15) is 0 Å². The first kappa shape index (κ1) is 14.0. The lowest BCUT2D eigenvalue weighted by molar-refractivity contribution is 0.476. The Morgan fingerprint density at radius 2 is 1.36 bits per heavy atom. The van der Waals surface area contributed by atoms with E-state index in [2.05, 4.69) is 48.5 Å². The summed E-state index contributed by atoms with van der Waals surface area (Å²) in [6.45, 7) is 0. The van der Waals surface area contributed by atoms with Crippen molar-refractivity contribution in [3.63, 3.8) is 0 Å². The lowest BCUT2D eigenvalue weighted by atomic mass is 9.94. The maximum atomic E-state index is 9.87. The van der Waals surface area contributed by atoms with Crippen LogP contribution in [0.2, 0.25) is 0 Å². The van der Waals surface area contributed by atoms with Gasteiger partial charge < -0.3 is 5.11 Å². The van der Waals surface area contributed by atoms with Gasteiger partial charge >= 0.3 is 0 Å². The van der Waals surface area contributed by atoms with Gasteiger partial charge in [0.15, 0.2) is 0 Å². The zero-order valence-corrected chi connectivity index (χ0v) is 13.5. The summed E-state index contributed by atoms with van der Waals surface area (Å²) in [4.78, 5) is 4.73. The highest BCUT2D eigenvalue weighted by Gasteiger charge is 2.12. The lowest BCUT2D eigenvalue weighted by Crippen LogP contribution is -1.89. The van der Waals surface area contributed by atoms with E-state index in [9.17, 15) is 5.11 Å². The third-order valence-corrected chi connectivity index (χ3v) is 4.70. The maximum absolute atomic E-state index is 9.87. The van der Waals surface area contributed by atoms with Crippen molar-refractivity contribution in [2.75, 3.05) is 0 Å². The van der Waals surface area contributed by atoms with Crippen molar-refractivity contribution in [2.45, 2.75) is 0 Å². The topological polar surface area (TPSA) is 33.1 Å². The highest BCUT2D eigenvalue weighted by molar-refractivity contribution is 6.10. The third-order valence-electron chi connectivity index (χ3n) is 4.70. The molecule has 0 saturated carbocycles. The first-order chi connectivity index (χ1) is 12.3. The van der Waals surface area contributed by atoms with E-state index in [0.29, 0.717) is 0 Å². The van der Waals surface area contributed by atoms with Crippen LogP contribution in [0.4, 0.5) is 0 Å². The average molecular weight is 321 g/mol. The molecule has 5 rings (SSSR count). The van der Waals surface area contributed by atoms with Gasteiger partial charge in [0.1, 0.15) is 5.75 Å². The Bertz CT molecular complexity index is 1260. The molecule has 0 radical (unpaired) electrons. The van der Waals surface area contributed by atoms with Gasteiger partial charge in [0.2, 0.25) is 0 Å². The van der Waals surface area contributed by atoms with Crippen molar-refractivity contribution in [1.82, 2.24) is 4.98 Å². The summed E-state index contributed by atoms with van der Waals surface area (Å²) in [5.41, 5.74) is 4.06. The fourth-order valence-corrected chi connectivity index (χ4v) is 3.54. The van der Waals surface area contributed by atoms with Crippen molar-refractivity contribution in [2.24, 2.45) is 0 Å². The number of para-hydroxylation sites is 1.